The first kappa shape index (κ1) is 19.5. The lowest BCUT2D eigenvalue weighted by Gasteiger charge is -2.09. The van der Waals surface area contributed by atoms with Gasteiger partial charge in [-0.2, -0.15) is 0 Å². The van der Waals surface area contributed by atoms with E-state index in [0.717, 1.165) is 35.3 Å². The highest BCUT2D eigenvalue weighted by Crippen LogP contribution is 2.28. The van der Waals surface area contributed by atoms with Crippen LogP contribution in [-0.4, -0.2) is 36.1 Å². The average Bonchev–Trinajstić information content (AvgIpc) is 3.13. The highest BCUT2D eigenvalue weighted by Gasteiger charge is 2.05. The van der Waals surface area contributed by atoms with Crippen molar-refractivity contribution >= 4 is 23.0 Å². The van der Waals surface area contributed by atoms with E-state index in [4.69, 9.17) is 9.47 Å². The van der Waals surface area contributed by atoms with Gasteiger partial charge in [-0.3, -0.25) is 4.79 Å². The number of nitrogens with one attached hydrogen (secondary N) is 2. The number of aryl methyl sites for hydroxylation is 1. The molecular formula is C22H25N3O3. The van der Waals surface area contributed by atoms with Crippen molar-refractivity contribution in [1.82, 2.24) is 15.3 Å². The molecule has 0 atom stereocenters. The largest absolute Gasteiger partial charge is 0.493 e. The van der Waals surface area contributed by atoms with Crippen molar-refractivity contribution in [2.75, 3.05) is 20.3 Å². The fraction of sp³-hybridized carbons (Fsp3) is 0.273. The molecule has 0 saturated carbocycles. The SMILES string of the molecule is CCOc1ccc(/C=C/C(=O)NCCCc2nc3ccccc3[nH]2)cc1OC. The number of imidazole rings is 1. The van der Waals surface area contributed by atoms with Gasteiger partial charge >= 0.3 is 0 Å². The van der Waals surface area contributed by atoms with Crippen molar-refractivity contribution in [2.24, 2.45) is 0 Å². The van der Waals surface area contributed by atoms with Crippen LogP contribution in [0.4, 0.5) is 0 Å². The van der Waals surface area contributed by atoms with Gasteiger partial charge in [0.2, 0.25) is 5.91 Å². The van der Waals surface area contributed by atoms with Gasteiger partial charge in [-0.25, -0.2) is 4.98 Å². The number of carbonyl (C=O) groups excluding carboxylic acids is 1. The molecule has 3 aromatic rings. The van der Waals surface area contributed by atoms with E-state index in [2.05, 4.69) is 15.3 Å². The number of hydrogen-bond donors (Lipinski definition) is 2. The zero-order chi connectivity index (χ0) is 19.8. The van der Waals surface area contributed by atoms with Crippen molar-refractivity contribution in [3.8, 4) is 11.5 Å². The molecule has 146 valence electrons. The molecular weight excluding hydrogens is 354 g/mol. The zero-order valence-electron chi connectivity index (χ0n) is 16.2. The van der Waals surface area contributed by atoms with Gasteiger partial charge in [-0.1, -0.05) is 18.2 Å². The van der Waals surface area contributed by atoms with Gasteiger partial charge in [-0.05, 0) is 49.2 Å². The van der Waals surface area contributed by atoms with Gasteiger partial charge in [-0.15, -0.1) is 0 Å². The van der Waals surface area contributed by atoms with Crippen LogP contribution in [0.2, 0.25) is 0 Å². The van der Waals surface area contributed by atoms with Crippen LogP contribution >= 0.6 is 0 Å². The van der Waals surface area contributed by atoms with Crippen molar-refractivity contribution in [1.29, 1.82) is 0 Å². The zero-order valence-corrected chi connectivity index (χ0v) is 16.2. The number of methoxy groups -OCH3 is 1. The summed E-state index contributed by atoms with van der Waals surface area (Å²) >= 11 is 0. The molecule has 1 heterocycles. The predicted molar refractivity (Wildman–Crippen MR) is 111 cm³/mol. The molecule has 28 heavy (non-hydrogen) atoms. The molecule has 0 spiro atoms. The number of amides is 1. The van der Waals surface area contributed by atoms with E-state index >= 15 is 0 Å². The second kappa shape index (κ2) is 9.60. The van der Waals surface area contributed by atoms with Crippen LogP contribution in [0.15, 0.2) is 48.5 Å². The summed E-state index contributed by atoms with van der Waals surface area (Å²) in [5.74, 6) is 2.15. The lowest BCUT2D eigenvalue weighted by atomic mass is 10.2. The summed E-state index contributed by atoms with van der Waals surface area (Å²) in [5.41, 5.74) is 2.88. The van der Waals surface area contributed by atoms with E-state index in [1.54, 1.807) is 13.2 Å². The second-order valence-electron chi connectivity index (χ2n) is 6.27. The summed E-state index contributed by atoms with van der Waals surface area (Å²) in [7, 11) is 1.60. The molecule has 0 aliphatic rings. The third-order valence-corrected chi connectivity index (χ3v) is 4.24. The number of carbonyl (C=O) groups is 1. The maximum atomic E-state index is 12.0. The Morgan fingerprint density at radius 2 is 2.07 bits per heavy atom. The van der Waals surface area contributed by atoms with Crippen LogP contribution in [0.1, 0.15) is 24.7 Å². The Morgan fingerprint density at radius 3 is 2.86 bits per heavy atom. The maximum absolute atomic E-state index is 12.0. The number of H-pyrrole nitrogens is 1. The molecule has 2 aromatic carbocycles. The molecule has 0 bridgehead atoms. The Balaban J connectivity index is 1.46. The molecule has 0 aliphatic heterocycles. The van der Waals surface area contributed by atoms with Gasteiger partial charge < -0.3 is 19.8 Å². The lowest BCUT2D eigenvalue weighted by Crippen LogP contribution is -2.22. The number of rotatable bonds is 9. The molecule has 0 aliphatic carbocycles. The molecule has 0 unspecified atom stereocenters. The highest BCUT2D eigenvalue weighted by atomic mass is 16.5. The van der Waals surface area contributed by atoms with Gasteiger partial charge in [0.05, 0.1) is 24.8 Å². The number of aromatic nitrogens is 2. The van der Waals surface area contributed by atoms with E-state index in [1.165, 1.54) is 6.08 Å². The Hall–Kier alpha value is -3.28. The molecule has 6 heteroatoms. The summed E-state index contributed by atoms with van der Waals surface area (Å²) in [4.78, 5) is 19.8. The van der Waals surface area contributed by atoms with E-state index in [-0.39, 0.29) is 5.91 Å². The van der Waals surface area contributed by atoms with Crippen LogP contribution in [0, 0.1) is 0 Å². The molecule has 1 aromatic heterocycles. The minimum Gasteiger partial charge on any atom is -0.493 e. The number of nitrogens with zero attached hydrogens (tertiary/aromatic N) is 1. The first-order chi connectivity index (χ1) is 13.7. The van der Waals surface area contributed by atoms with E-state index in [9.17, 15) is 4.79 Å². The standard InChI is InChI=1S/C22H25N3O3/c1-3-28-19-12-10-16(15-20(19)27-2)11-13-22(26)23-14-6-9-21-24-17-7-4-5-8-18(17)25-21/h4-5,7-8,10-13,15H,3,6,9,14H2,1-2H3,(H,23,26)(H,24,25)/b13-11+. The van der Waals surface area contributed by atoms with Crippen molar-refractivity contribution < 1.29 is 14.3 Å². The quantitative estimate of drug-likeness (QED) is 0.439. The fourth-order valence-electron chi connectivity index (χ4n) is 2.88. The van der Waals surface area contributed by atoms with Gasteiger partial charge in [0, 0.05) is 19.0 Å². The maximum Gasteiger partial charge on any atom is 0.243 e. The smallest absolute Gasteiger partial charge is 0.243 e. The third-order valence-electron chi connectivity index (χ3n) is 4.24. The lowest BCUT2D eigenvalue weighted by molar-refractivity contribution is -0.116. The topological polar surface area (TPSA) is 76.2 Å². The van der Waals surface area contributed by atoms with E-state index in [1.807, 2.05) is 49.4 Å². The second-order valence-corrected chi connectivity index (χ2v) is 6.27. The third kappa shape index (κ3) is 5.13. The minimum atomic E-state index is -0.127. The Kier molecular flexibility index (Phi) is 6.68. The summed E-state index contributed by atoms with van der Waals surface area (Å²) in [6.07, 6.45) is 4.88. The molecule has 3 rings (SSSR count). The van der Waals surface area contributed by atoms with Crippen LogP contribution in [-0.2, 0) is 11.2 Å². The summed E-state index contributed by atoms with van der Waals surface area (Å²) < 4.78 is 10.8. The van der Waals surface area contributed by atoms with Crippen molar-refractivity contribution in [3.63, 3.8) is 0 Å². The van der Waals surface area contributed by atoms with Crippen LogP contribution in [0.3, 0.4) is 0 Å². The van der Waals surface area contributed by atoms with Gasteiger partial charge in [0.1, 0.15) is 5.82 Å². The number of ether oxygens (including phenoxy) is 2. The predicted octanol–water partition coefficient (Wildman–Crippen LogP) is 3.73. The summed E-state index contributed by atoms with van der Waals surface area (Å²) in [5, 5.41) is 2.89. The normalized spacial score (nSPS) is 11.1. The summed E-state index contributed by atoms with van der Waals surface area (Å²) in [6, 6.07) is 13.5. The Bertz CT molecular complexity index is 930. The van der Waals surface area contributed by atoms with Crippen LogP contribution in [0.25, 0.3) is 17.1 Å². The number of benzene rings is 2. The average molecular weight is 379 g/mol. The van der Waals surface area contributed by atoms with Crippen LogP contribution in [0.5, 0.6) is 11.5 Å². The highest BCUT2D eigenvalue weighted by molar-refractivity contribution is 5.91. The number of para-hydroxylation sites is 2. The minimum absolute atomic E-state index is 0.127. The molecule has 0 radical (unpaired) electrons. The van der Waals surface area contributed by atoms with E-state index in [0.29, 0.717) is 24.7 Å². The molecule has 0 saturated heterocycles. The van der Waals surface area contributed by atoms with Gasteiger partial charge in [0.15, 0.2) is 11.5 Å². The Morgan fingerprint density at radius 1 is 1.21 bits per heavy atom. The van der Waals surface area contributed by atoms with Crippen molar-refractivity contribution in [2.45, 2.75) is 19.8 Å². The van der Waals surface area contributed by atoms with Crippen LogP contribution < -0.4 is 14.8 Å². The molecule has 6 nitrogen and oxygen atoms in total. The number of hydrogen-bond acceptors (Lipinski definition) is 4. The molecule has 2 N–H and O–H groups in total. The summed E-state index contributed by atoms with van der Waals surface area (Å²) in [6.45, 7) is 3.08. The first-order valence-electron chi connectivity index (χ1n) is 9.40. The monoisotopic (exact) mass is 379 g/mol. The number of aromatic amines is 1. The van der Waals surface area contributed by atoms with Crippen molar-refractivity contribution in [3.05, 3.63) is 59.9 Å². The molecule has 1 amide bonds. The number of fused-ring (bicyclic) bond motifs is 1. The molecule has 0 fully saturated rings. The fourth-order valence-corrected chi connectivity index (χ4v) is 2.88. The van der Waals surface area contributed by atoms with E-state index < -0.39 is 0 Å². The first-order valence-corrected chi connectivity index (χ1v) is 9.40. The van der Waals surface area contributed by atoms with Gasteiger partial charge in [0.25, 0.3) is 0 Å². The Labute approximate surface area is 164 Å².